The number of nitrogens with zero attached hydrogens (tertiary/aromatic N) is 2. The van der Waals surface area contributed by atoms with E-state index in [-0.39, 0.29) is 6.17 Å². The zero-order chi connectivity index (χ0) is 20.9. The van der Waals surface area contributed by atoms with Crippen LogP contribution in [0.2, 0.25) is 0 Å². The van der Waals surface area contributed by atoms with Crippen LogP contribution in [-0.4, -0.2) is 16.9 Å². The van der Waals surface area contributed by atoms with Crippen molar-refractivity contribution in [2.24, 2.45) is 10.7 Å². The first-order valence-corrected chi connectivity index (χ1v) is 10.0. The number of nitrogens with two attached hydrogens (primary N) is 1. The summed E-state index contributed by atoms with van der Waals surface area (Å²) in [4.78, 5) is 6.44. The molecule has 2 aliphatic rings. The molecule has 0 saturated carbocycles. The molecule has 3 N–H and O–H groups in total. The Morgan fingerprint density at radius 2 is 2.07 bits per heavy atom. The molecule has 152 valence electrons. The molecule has 0 spiro atoms. The van der Waals surface area contributed by atoms with Gasteiger partial charge in [-0.25, -0.2) is 4.99 Å². The fourth-order valence-corrected chi connectivity index (χ4v) is 3.53. The minimum atomic E-state index is 0.0593. The number of ether oxygens (including phenoxy) is 1. The molecule has 5 nitrogen and oxygen atoms in total. The highest BCUT2D eigenvalue weighted by Gasteiger charge is 2.33. The van der Waals surface area contributed by atoms with Crippen molar-refractivity contribution in [3.05, 3.63) is 108 Å². The molecule has 2 aromatic carbocycles. The maximum atomic E-state index is 6.26. The predicted octanol–water partition coefficient (Wildman–Crippen LogP) is 4.53. The molecule has 0 aliphatic carbocycles. The molecular weight excluding hydrogens is 372 g/mol. The van der Waals surface area contributed by atoms with Crippen molar-refractivity contribution in [3.8, 4) is 5.75 Å². The molecule has 30 heavy (non-hydrogen) atoms. The van der Waals surface area contributed by atoms with Crippen LogP contribution in [0.1, 0.15) is 24.5 Å². The molecule has 0 amide bonds. The number of hydrogen-bond acceptors (Lipinski definition) is 5. The van der Waals surface area contributed by atoms with Gasteiger partial charge in [-0.05, 0) is 24.6 Å². The summed E-state index contributed by atoms with van der Waals surface area (Å²) in [6.07, 6.45) is 8.60. The van der Waals surface area contributed by atoms with E-state index in [0.29, 0.717) is 12.4 Å². The molecular formula is C25H26N4O. The van der Waals surface area contributed by atoms with Gasteiger partial charge in [0.05, 0.1) is 5.70 Å². The molecule has 0 aromatic heterocycles. The van der Waals surface area contributed by atoms with Crippen LogP contribution in [0.3, 0.4) is 0 Å². The van der Waals surface area contributed by atoms with Crippen LogP contribution in [0.5, 0.6) is 5.75 Å². The Morgan fingerprint density at radius 1 is 1.23 bits per heavy atom. The van der Waals surface area contributed by atoms with Crippen molar-refractivity contribution in [2.45, 2.75) is 26.1 Å². The third-order valence-corrected chi connectivity index (χ3v) is 5.18. The number of allylic oxidation sites excluding steroid dienone is 2. The lowest BCUT2D eigenvalue weighted by Crippen LogP contribution is -2.37. The second kappa shape index (κ2) is 8.74. The summed E-state index contributed by atoms with van der Waals surface area (Å²) in [5, 5.41) is 3.62. The number of fused-ring (bicyclic) bond motifs is 1. The highest BCUT2D eigenvalue weighted by Crippen LogP contribution is 2.32. The van der Waals surface area contributed by atoms with Gasteiger partial charge < -0.3 is 20.7 Å². The fourth-order valence-electron chi connectivity index (χ4n) is 3.53. The van der Waals surface area contributed by atoms with E-state index >= 15 is 0 Å². The van der Waals surface area contributed by atoms with E-state index in [4.69, 9.17) is 10.5 Å². The third-order valence-electron chi connectivity index (χ3n) is 5.18. The van der Waals surface area contributed by atoms with Gasteiger partial charge in [0, 0.05) is 24.4 Å². The number of hydrogen-bond donors (Lipinski definition) is 2. The summed E-state index contributed by atoms with van der Waals surface area (Å²) in [5.41, 5.74) is 11.4. The van der Waals surface area contributed by atoms with E-state index < -0.39 is 0 Å². The molecule has 2 heterocycles. The summed E-state index contributed by atoms with van der Waals surface area (Å²) >= 11 is 0. The van der Waals surface area contributed by atoms with Crippen molar-refractivity contribution in [1.29, 1.82) is 0 Å². The molecule has 4 rings (SSSR count). The average Bonchev–Trinajstić information content (AvgIpc) is 3.17. The largest absolute Gasteiger partial charge is 0.489 e. The van der Waals surface area contributed by atoms with Gasteiger partial charge in [-0.15, -0.1) is 0 Å². The van der Waals surface area contributed by atoms with Crippen LogP contribution in [0.25, 0.3) is 5.70 Å². The molecule has 2 aliphatic heterocycles. The molecule has 0 saturated heterocycles. The number of benzene rings is 2. The van der Waals surface area contributed by atoms with Crippen LogP contribution in [-0.2, 0) is 6.61 Å². The Balaban J connectivity index is 1.58. The topological polar surface area (TPSA) is 62.9 Å². The monoisotopic (exact) mass is 398 g/mol. The van der Waals surface area contributed by atoms with Gasteiger partial charge >= 0.3 is 0 Å². The van der Waals surface area contributed by atoms with Crippen molar-refractivity contribution in [1.82, 2.24) is 10.2 Å². The van der Waals surface area contributed by atoms with Crippen LogP contribution >= 0.6 is 0 Å². The van der Waals surface area contributed by atoms with E-state index in [1.807, 2.05) is 55.6 Å². The molecule has 1 unspecified atom stereocenters. The van der Waals surface area contributed by atoms with Crippen molar-refractivity contribution < 1.29 is 4.74 Å². The lowest BCUT2D eigenvalue weighted by Gasteiger charge is -2.26. The summed E-state index contributed by atoms with van der Waals surface area (Å²) in [5.74, 6) is 1.31. The summed E-state index contributed by atoms with van der Waals surface area (Å²) in [6, 6.07) is 18.2. The van der Waals surface area contributed by atoms with Gasteiger partial charge in [0.1, 0.15) is 30.1 Å². The van der Waals surface area contributed by atoms with Crippen molar-refractivity contribution in [2.75, 3.05) is 0 Å². The first-order valence-electron chi connectivity index (χ1n) is 10.0. The maximum absolute atomic E-state index is 6.26. The van der Waals surface area contributed by atoms with Gasteiger partial charge in [-0.1, -0.05) is 66.8 Å². The molecule has 0 bridgehead atoms. The number of rotatable bonds is 7. The van der Waals surface area contributed by atoms with Gasteiger partial charge in [0.25, 0.3) is 0 Å². The SMILES string of the molecule is C=C/C(C)=C/CC1NC(c2cccc(OCc3ccccc3)c2)=C2C(N)=NC=CN21. The first-order chi connectivity index (χ1) is 14.7. The fraction of sp³-hybridized carbons (Fsp3) is 0.160. The van der Waals surface area contributed by atoms with E-state index in [0.717, 1.165) is 40.3 Å². The molecule has 2 aromatic rings. The summed E-state index contributed by atoms with van der Waals surface area (Å²) in [6.45, 7) is 6.40. The van der Waals surface area contributed by atoms with Gasteiger partial charge in [0.2, 0.25) is 0 Å². The van der Waals surface area contributed by atoms with Crippen LogP contribution in [0.4, 0.5) is 0 Å². The zero-order valence-corrected chi connectivity index (χ0v) is 17.1. The average molecular weight is 399 g/mol. The Hall–Kier alpha value is -3.73. The van der Waals surface area contributed by atoms with Gasteiger partial charge in [0.15, 0.2) is 0 Å². The lowest BCUT2D eigenvalue weighted by molar-refractivity contribution is 0.306. The Labute approximate surface area is 177 Å². The standard InChI is InChI=1S/C25H26N4O/c1-3-18(2)12-13-22-28-23(24-25(26)27-14-15-29(22)24)20-10-7-11-21(16-20)30-17-19-8-5-4-6-9-19/h3-12,14-16,22,28H,1,13,17H2,2H3,(H2,26,27)/b18-12+. The molecule has 0 radical (unpaired) electrons. The lowest BCUT2D eigenvalue weighted by atomic mass is 10.1. The minimum absolute atomic E-state index is 0.0593. The number of amidine groups is 1. The van der Waals surface area contributed by atoms with E-state index in [2.05, 4.69) is 46.1 Å². The number of aliphatic imine (C=N–C) groups is 1. The second-order valence-electron chi connectivity index (χ2n) is 7.29. The summed E-state index contributed by atoms with van der Waals surface area (Å²) in [7, 11) is 0. The molecule has 0 fully saturated rings. The highest BCUT2D eigenvalue weighted by atomic mass is 16.5. The molecule has 1 atom stereocenters. The van der Waals surface area contributed by atoms with Crippen LogP contribution < -0.4 is 15.8 Å². The van der Waals surface area contributed by atoms with Gasteiger partial charge in [-0.3, -0.25) is 0 Å². The normalized spacial score (nSPS) is 18.0. The summed E-state index contributed by atoms with van der Waals surface area (Å²) < 4.78 is 6.02. The van der Waals surface area contributed by atoms with E-state index in [1.165, 1.54) is 0 Å². The van der Waals surface area contributed by atoms with Crippen LogP contribution in [0, 0.1) is 0 Å². The minimum Gasteiger partial charge on any atom is -0.489 e. The highest BCUT2D eigenvalue weighted by molar-refractivity contribution is 6.05. The third kappa shape index (κ3) is 4.15. The Kier molecular flexibility index (Phi) is 5.70. The first kappa shape index (κ1) is 19.6. The quantitative estimate of drug-likeness (QED) is 0.673. The van der Waals surface area contributed by atoms with Gasteiger partial charge in [-0.2, -0.15) is 0 Å². The molecule has 5 heteroatoms. The van der Waals surface area contributed by atoms with E-state index in [1.54, 1.807) is 6.20 Å². The number of nitrogens with one attached hydrogen (secondary N) is 1. The van der Waals surface area contributed by atoms with E-state index in [9.17, 15) is 0 Å². The Bertz CT molecular complexity index is 1050. The predicted molar refractivity (Wildman–Crippen MR) is 122 cm³/mol. The zero-order valence-electron chi connectivity index (χ0n) is 17.1. The van der Waals surface area contributed by atoms with Crippen molar-refractivity contribution in [3.63, 3.8) is 0 Å². The Morgan fingerprint density at radius 3 is 2.87 bits per heavy atom. The smallest absolute Gasteiger partial charge is 0.149 e. The van der Waals surface area contributed by atoms with Crippen molar-refractivity contribution >= 4 is 11.5 Å². The van der Waals surface area contributed by atoms with Crippen LogP contribution in [0.15, 0.2) is 102 Å². The maximum Gasteiger partial charge on any atom is 0.149 e. The second-order valence-corrected chi connectivity index (χ2v) is 7.29.